The van der Waals surface area contributed by atoms with Gasteiger partial charge in [0.25, 0.3) is 0 Å². The molecular weight excluding hydrogens is 242 g/mol. The number of nitrogens with zero attached hydrogens (tertiary/aromatic N) is 1. The van der Waals surface area contributed by atoms with E-state index in [0.717, 1.165) is 5.56 Å². The summed E-state index contributed by atoms with van der Waals surface area (Å²) < 4.78 is 0. The van der Waals surface area contributed by atoms with E-state index in [4.69, 9.17) is 5.73 Å². The maximum absolute atomic E-state index is 5.56. The van der Waals surface area contributed by atoms with Gasteiger partial charge in [0.2, 0.25) is 0 Å². The van der Waals surface area contributed by atoms with Crippen LogP contribution in [0.3, 0.4) is 0 Å². The summed E-state index contributed by atoms with van der Waals surface area (Å²) in [5, 5.41) is 0. The molecule has 0 fully saturated rings. The molecule has 74 valence electrons. The monoisotopic (exact) mass is 254 g/mol. The molecule has 0 saturated carbocycles. The number of hydrogen-bond donors (Lipinski definition) is 1. The molecule has 0 saturated heterocycles. The van der Waals surface area contributed by atoms with Crippen LogP contribution in [0.25, 0.3) is 0 Å². The third kappa shape index (κ3) is 5.73. The van der Waals surface area contributed by atoms with E-state index >= 15 is 0 Å². The van der Waals surface area contributed by atoms with Crippen LogP contribution in [-0.2, 0) is 33.6 Å². The number of hydrogen-bond acceptors (Lipinski definition) is 2. The molecule has 0 aliphatic heterocycles. The molecule has 1 atom stereocenters. The maximum atomic E-state index is 5.56. The summed E-state index contributed by atoms with van der Waals surface area (Å²) in [7, 11) is 0. The SMILES string of the molecule is C[C@H](N)c1cc[c-]nc1.[CH3-].[Co].[Co]. The van der Waals surface area contributed by atoms with Gasteiger partial charge in [-0.05, 0) is 6.92 Å². The van der Waals surface area contributed by atoms with Crippen molar-refractivity contribution in [2.75, 3.05) is 0 Å². The largest absolute Gasteiger partial charge is 0.394 e. The Morgan fingerprint density at radius 3 is 2.33 bits per heavy atom. The van der Waals surface area contributed by atoms with Gasteiger partial charge in [-0.3, -0.25) is 0 Å². The van der Waals surface area contributed by atoms with Gasteiger partial charge in [0.1, 0.15) is 0 Å². The Hall–Kier alpha value is 0.123. The van der Waals surface area contributed by atoms with E-state index in [-0.39, 0.29) is 47.0 Å². The minimum absolute atomic E-state index is 0. The van der Waals surface area contributed by atoms with E-state index in [0.29, 0.717) is 0 Å². The molecule has 2 N–H and O–H groups in total. The first-order valence-corrected chi connectivity index (χ1v) is 2.88. The van der Waals surface area contributed by atoms with E-state index in [1.165, 1.54) is 0 Å². The summed E-state index contributed by atoms with van der Waals surface area (Å²) in [6.07, 6.45) is 4.41. The molecule has 0 aromatic carbocycles. The van der Waals surface area contributed by atoms with Gasteiger partial charge in [0.15, 0.2) is 0 Å². The summed E-state index contributed by atoms with van der Waals surface area (Å²) in [6, 6.07) is 3.75. The number of rotatable bonds is 1. The van der Waals surface area contributed by atoms with Crippen LogP contribution in [0.15, 0.2) is 18.3 Å². The predicted molar refractivity (Wildman–Crippen MR) is 42.1 cm³/mol. The van der Waals surface area contributed by atoms with Crippen molar-refractivity contribution in [3.63, 3.8) is 0 Å². The second-order valence-electron chi connectivity index (χ2n) is 2.01. The Labute approximate surface area is 94.7 Å². The van der Waals surface area contributed by atoms with Crippen LogP contribution in [-0.4, -0.2) is 4.98 Å². The summed E-state index contributed by atoms with van der Waals surface area (Å²) in [5.74, 6) is 0. The third-order valence-corrected chi connectivity index (χ3v) is 1.16. The van der Waals surface area contributed by atoms with Gasteiger partial charge in [-0.15, -0.1) is 5.56 Å². The molecule has 1 aromatic heterocycles. The van der Waals surface area contributed by atoms with Crippen LogP contribution in [0, 0.1) is 13.6 Å². The van der Waals surface area contributed by atoms with E-state index in [1.807, 2.05) is 13.0 Å². The van der Waals surface area contributed by atoms with Gasteiger partial charge < -0.3 is 18.1 Å². The minimum Gasteiger partial charge on any atom is -0.394 e. The molecule has 2 nitrogen and oxygen atoms in total. The molecule has 0 unspecified atom stereocenters. The molecule has 4 heteroatoms. The standard InChI is InChI=1S/C7H9N2.CH3.2Co/c1-6(8)7-3-2-4-9-5-7;;;/h2-3,5-6H,8H2,1H3;1H3;;/q2*-1;;/t6-;;;/m0.../s1. The van der Waals surface area contributed by atoms with E-state index < -0.39 is 0 Å². The smallest absolute Gasteiger partial charge is 0.00558 e. The van der Waals surface area contributed by atoms with Crippen molar-refractivity contribution >= 4 is 0 Å². The van der Waals surface area contributed by atoms with E-state index in [9.17, 15) is 0 Å². The Kier molecular flexibility index (Phi) is 13.8. The van der Waals surface area contributed by atoms with Crippen LogP contribution in [0.1, 0.15) is 18.5 Å². The van der Waals surface area contributed by atoms with Crippen molar-refractivity contribution in [2.45, 2.75) is 13.0 Å². The molecule has 0 aliphatic rings. The number of nitrogens with two attached hydrogens (primary N) is 1. The van der Waals surface area contributed by atoms with Crippen LogP contribution in [0.2, 0.25) is 0 Å². The number of pyridine rings is 1. The van der Waals surface area contributed by atoms with Gasteiger partial charge >= 0.3 is 0 Å². The summed E-state index contributed by atoms with van der Waals surface area (Å²) >= 11 is 0. The fraction of sp³-hybridized carbons (Fsp3) is 0.250. The zero-order valence-electron chi connectivity index (χ0n) is 7.00. The van der Waals surface area contributed by atoms with Crippen molar-refractivity contribution in [2.24, 2.45) is 5.73 Å². The van der Waals surface area contributed by atoms with Gasteiger partial charge in [0, 0.05) is 39.6 Å². The molecular formula is C8H12Co2N2-2. The average molecular weight is 254 g/mol. The molecule has 1 heterocycles. The average Bonchev–Trinajstić information content (AvgIpc) is 1.90. The molecule has 1 rings (SSSR count). The third-order valence-electron chi connectivity index (χ3n) is 1.16. The second-order valence-corrected chi connectivity index (χ2v) is 2.01. The van der Waals surface area contributed by atoms with Crippen LogP contribution in [0.5, 0.6) is 0 Å². The predicted octanol–water partition coefficient (Wildman–Crippen LogP) is 1.35. The van der Waals surface area contributed by atoms with Crippen molar-refractivity contribution in [3.8, 4) is 0 Å². The van der Waals surface area contributed by atoms with E-state index in [1.54, 1.807) is 12.3 Å². The maximum Gasteiger partial charge on any atom is 0.00558 e. The quantitative estimate of drug-likeness (QED) is 0.768. The zero-order valence-corrected chi connectivity index (χ0v) is 9.08. The molecule has 0 amide bonds. The fourth-order valence-electron chi connectivity index (χ4n) is 0.601. The van der Waals surface area contributed by atoms with Gasteiger partial charge in [-0.1, -0.05) is 12.4 Å². The Morgan fingerprint density at radius 2 is 2.08 bits per heavy atom. The van der Waals surface area contributed by atoms with E-state index in [2.05, 4.69) is 11.2 Å². The Balaban J connectivity index is -0.000000270. The minimum atomic E-state index is 0. The van der Waals surface area contributed by atoms with Crippen molar-refractivity contribution < 1.29 is 33.6 Å². The molecule has 2 radical (unpaired) electrons. The van der Waals surface area contributed by atoms with Gasteiger partial charge in [-0.2, -0.15) is 12.1 Å². The summed E-state index contributed by atoms with van der Waals surface area (Å²) in [5.41, 5.74) is 6.61. The van der Waals surface area contributed by atoms with Crippen molar-refractivity contribution in [3.05, 3.63) is 37.5 Å². The first-order valence-electron chi connectivity index (χ1n) is 2.88. The zero-order chi connectivity index (χ0) is 6.69. The van der Waals surface area contributed by atoms with Crippen LogP contribution >= 0.6 is 0 Å². The Morgan fingerprint density at radius 1 is 1.50 bits per heavy atom. The van der Waals surface area contributed by atoms with Gasteiger partial charge in [0.05, 0.1) is 0 Å². The van der Waals surface area contributed by atoms with Crippen LogP contribution < -0.4 is 5.73 Å². The summed E-state index contributed by atoms with van der Waals surface area (Å²) in [4.78, 5) is 3.80. The van der Waals surface area contributed by atoms with Crippen molar-refractivity contribution in [1.29, 1.82) is 0 Å². The molecule has 0 spiro atoms. The fourth-order valence-corrected chi connectivity index (χ4v) is 0.601. The topological polar surface area (TPSA) is 38.9 Å². The molecule has 1 aromatic rings. The first-order chi connectivity index (χ1) is 4.30. The summed E-state index contributed by atoms with van der Waals surface area (Å²) in [6.45, 7) is 1.93. The first kappa shape index (κ1) is 18.0. The van der Waals surface area contributed by atoms with Gasteiger partial charge in [-0.25, -0.2) is 0 Å². The Bertz CT molecular complexity index is 178. The van der Waals surface area contributed by atoms with Crippen LogP contribution in [0.4, 0.5) is 0 Å². The molecule has 0 bridgehead atoms. The second kappa shape index (κ2) is 9.21. The number of aromatic nitrogens is 1. The molecule has 0 aliphatic carbocycles. The van der Waals surface area contributed by atoms with Crippen molar-refractivity contribution in [1.82, 2.24) is 4.98 Å². The normalized spacial score (nSPS) is 9.83. The molecule has 12 heavy (non-hydrogen) atoms.